The molecule has 0 bridgehead atoms. The van der Waals surface area contributed by atoms with Gasteiger partial charge < -0.3 is 0 Å². The molecule has 1 aromatic carbocycles. The average molecular weight is 269 g/mol. The van der Waals surface area contributed by atoms with Crippen molar-refractivity contribution in [2.45, 2.75) is 33.2 Å². The third-order valence-electron chi connectivity index (χ3n) is 4.08. The van der Waals surface area contributed by atoms with Gasteiger partial charge in [0.1, 0.15) is 0 Å². The van der Waals surface area contributed by atoms with Crippen molar-refractivity contribution in [1.29, 1.82) is 0 Å². The fraction of sp³-hybridized carbons (Fsp3) is 0.471. The monoisotopic (exact) mass is 269 g/mol. The van der Waals surface area contributed by atoms with E-state index in [0.717, 1.165) is 25.2 Å². The zero-order valence-electron chi connectivity index (χ0n) is 12.4. The largest absolute Gasteiger partial charge is 0.298 e. The van der Waals surface area contributed by atoms with Gasteiger partial charge in [0.15, 0.2) is 0 Å². The van der Waals surface area contributed by atoms with Crippen molar-refractivity contribution in [3.8, 4) is 0 Å². The predicted octanol–water partition coefficient (Wildman–Crippen LogP) is 3.04. The number of fused-ring (bicyclic) bond motifs is 1. The lowest BCUT2D eigenvalue weighted by Crippen LogP contribution is -2.38. The Morgan fingerprint density at radius 3 is 2.75 bits per heavy atom. The molecule has 1 aliphatic heterocycles. The van der Waals surface area contributed by atoms with E-state index in [4.69, 9.17) is 0 Å². The Bertz CT molecular complexity index is 557. The molecule has 0 radical (unpaired) electrons. The predicted molar refractivity (Wildman–Crippen MR) is 81.5 cm³/mol. The fourth-order valence-electron chi connectivity index (χ4n) is 3.23. The highest BCUT2D eigenvalue weighted by Gasteiger charge is 2.25. The fourth-order valence-corrected chi connectivity index (χ4v) is 3.23. The summed E-state index contributed by atoms with van der Waals surface area (Å²) >= 11 is 0. The highest BCUT2D eigenvalue weighted by atomic mass is 15.1. The molecule has 0 atom stereocenters. The van der Waals surface area contributed by atoms with Crippen LogP contribution in [-0.4, -0.2) is 28.2 Å². The van der Waals surface area contributed by atoms with E-state index in [9.17, 15) is 0 Å². The van der Waals surface area contributed by atoms with Gasteiger partial charge in [0.05, 0.1) is 5.69 Å². The Labute approximate surface area is 121 Å². The summed E-state index contributed by atoms with van der Waals surface area (Å²) in [7, 11) is 0. The van der Waals surface area contributed by atoms with E-state index in [0.29, 0.717) is 0 Å². The maximum atomic E-state index is 4.29. The molecule has 0 unspecified atom stereocenters. The Morgan fingerprint density at radius 2 is 2.00 bits per heavy atom. The van der Waals surface area contributed by atoms with Crippen LogP contribution in [0.4, 0.5) is 0 Å². The number of nitrogens with one attached hydrogen (secondary N) is 1. The summed E-state index contributed by atoms with van der Waals surface area (Å²) in [6, 6.07) is 10.9. The first-order valence-electron chi connectivity index (χ1n) is 7.40. The molecule has 20 heavy (non-hydrogen) atoms. The van der Waals surface area contributed by atoms with Gasteiger partial charge in [-0.25, -0.2) is 0 Å². The van der Waals surface area contributed by atoms with Crippen molar-refractivity contribution in [2.24, 2.45) is 5.41 Å². The summed E-state index contributed by atoms with van der Waals surface area (Å²) < 4.78 is 0. The number of aromatic amines is 1. The molecule has 0 saturated heterocycles. The van der Waals surface area contributed by atoms with Crippen molar-refractivity contribution in [3.05, 3.63) is 53.3 Å². The average Bonchev–Trinajstić information content (AvgIpc) is 2.90. The molecule has 3 rings (SSSR count). The van der Waals surface area contributed by atoms with Crippen LogP contribution in [0, 0.1) is 5.41 Å². The van der Waals surface area contributed by atoms with Crippen molar-refractivity contribution in [3.63, 3.8) is 0 Å². The summed E-state index contributed by atoms with van der Waals surface area (Å²) in [5.74, 6) is 0. The van der Waals surface area contributed by atoms with Crippen molar-refractivity contribution >= 4 is 0 Å². The topological polar surface area (TPSA) is 31.9 Å². The Kier molecular flexibility index (Phi) is 3.62. The van der Waals surface area contributed by atoms with Gasteiger partial charge in [-0.1, -0.05) is 38.1 Å². The van der Waals surface area contributed by atoms with Crippen LogP contribution in [0.25, 0.3) is 0 Å². The molecule has 1 N–H and O–H groups in total. The zero-order chi connectivity index (χ0) is 14.0. The van der Waals surface area contributed by atoms with Crippen LogP contribution < -0.4 is 0 Å². The van der Waals surface area contributed by atoms with Gasteiger partial charge in [0.25, 0.3) is 0 Å². The van der Waals surface area contributed by atoms with Gasteiger partial charge in [-0.05, 0) is 35.4 Å². The number of hydrogen-bond donors (Lipinski definition) is 1. The molecule has 106 valence electrons. The molecular weight excluding hydrogens is 246 g/mol. The minimum absolute atomic E-state index is 0.251. The highest BCUT2D eigenvalue weighted by Crippen LogP contribution is 2.26. The maximum Gasteiger partial charge on any atom is 0.0627 e. The van der Waals surface area contributed by atoms with E-state index in [-0.39, 0.29) is 5.41 Å². The zero-order valence-corrected chi connectivity index (χ0v) is 12.4. The SMILES string of the molecule is CC(C)(Cc1cc[nH]n1)CN1CCc2ccccc2C1. The summed E-state index contributed by atoms with van der Waals surface area (Å²) in [6.07, 6.45) is 4.10. The molecule has 2 heterocycles. The highest BCUT2D eigenvalue weighted by molar-refractivity contribution is 5.29. The van der Waals surface area contributed by atoms with Crippen LogP contribution in [0.5, 0.6) is 0 Å². The van der Waals surface area contributed by atoms with Gasteiger partial charge in [-0.3, -0.25) is 10.00 Å². The molecule has 0 amide bonds. The molecule has 0 saturated carbocycles. The first kappa shape index (κ1) is 13.4. The Balaban J connectivity index is 1.64. The van der Waals surface area contributed by atoms with Crippen LogP contribution in [0.1, 0.15) is 30.7 Å². The van der Waals surface area contributed by atoms with Crippen molar-refractivity contribution in [2.75, 3.05) is 13.1 Å². The quantitative estimate of drug-likeness (QED) is 0.925. The van der Waals surface area contributed by atoms with Crippen LogP contribution in [0.3, 0.4) is 0 Å². The lowest BCUT2D eigenvalue weighted by molar-refractivity contribution is 0.163. The molecule has 3 nitrogen and oxygen atoms in total. The third kappa shape index (κ3) is 3.10. The molecule has 1 aliphatic rings. The summed E-state index contributed by atoms with van der Waals surface area (Å²) in [5.41, 5.74) is 4.43. The second-order valence-electron chi connectivity index (χ2n) is 6.64. The number of hydrogen-bond acceptors (Lipinski definition) is 2. The molecule has 0 spiro atoms. The van der Waals surface area contributed by atoms with E-state index in [1.165, 1.54) is 24.1 Å². The summed E-state index contributed by atoms with van der Waals surface area (Å²) in [6.45, 7) is 8.04. The number of aromatic nitrogens is 2. The first-order valence-corrected chi connectivity index (χ1v) is 7.40. The van der Waals surface area contributed by atoms with E-state index < -0.39 is 0 Å². The van der Waals surface area contributed by atoms with Gasteiger partial charge >= 0.3 is 0 Å². The molecule has 2 aromatic rings. The molecule has 0 fully saturated rings. The summed E-state index contributed by atoms with van der Waals surface area (Å²) in [5, 5.41) is 7.19. The second-order valence-corrected chi connectivity index (χ2v) is 6.64. The lowest BCUT2D eigenvalue weighted by atomic mass is 9.86. The molecule has 1 aromatic heterocycles. The number of nitrogens with zero attached hydrogens (tertiary/aromatic N) is 2. The molecule has 3 heteroatoms. The molecular formula is C17H23N3. The van der Waals surface area contributed by atoms with Crippen LogP contribution in [-0.2, 0) is 19.4 Å². The van der Waals surface area contributed by atoms with Crippen molar-refractivity contribution < 1.29 is 0 Å². The Morgan fingerprint density at radius 1 is 1.20 bits per heavy atom. The van der Waals surface area contributed by atoms with Gasteiger partial charge in [0.2, 0.25) is 0 Å². The van der Waals surface area contributed by atoms with Gasteiger partial charge in [-0.2, -0.15) is 5.10 Å². The first-order chi connectivity index (χ1) is 9.62. The smallest absolute Gasteiger partial charge is 0.0627 e. The number of benzene rings is 1. The second kappa shape index (κ2) is 5.41. The van der Waals surface area contributed by atoms with E-state index in [1.807, 2.05) is 6.20 Å². The minimum atomic E-state index is 0.251. The van der Waals surface area contributed by atoms with Crippen LogP contribution >= 0.6 is 0 Å². The van der Waals surface area contributed by atoms with E-state index in [1.54, 1.807) is 0 Å². The van der Waals surface area contributed by atoms with Crippen molar-refractivity contribution in [1.82, 2.24) is 15.1 Å². The van der Waals surface area contributed by atoms with Gasteiger partial charge in [0, 0.05) is 25.8 Å². The molecule has 0 aliphatic carbocycles. The standard InChI is InChI=1S/C17H23N3/c1-17(2,11-16-7-9-18-19-16)13-20-10-8-14-5-3-4-6-15(14)12-20/h3-7,9H,8,10-13H2,1-2H3,(H,18,19). The van der Waals surface area contributed by atoms with E-state index >= 15 is 0 Å². The van der Waals surface area contributed by atoms with Crippen LogP contribution in [0.2, 0.25) is 0 Å². The van der Waals surface area contributed by atoms with Crippen LogP contribution in [0.15, 0.2) is 36.5 Å². The third-order valence-corrected chi connectivity index (χ3v) is 4.08. The minimum Gasteiger partial charge on any atom is -0.298 e. The Hall–Kier alpha value is -1.61. The maximum absolute atomic E-state index is 4.29. The van der Waals surface area contributed by atoms with Gasteiger partial charge in [-0.15, -0.1) is 0 Å². The normalized spacial score (nSPS) is 16.1. The number of rotatable bonds is 4. The lowest BCUT2D eigenvalue weighted by Gasteiger charge is -2.35. The van der Waals surface area contributed by atoms with E-state index in [2.05, 4.69) is 59.3 Å². The number of H-pyrrole nitrogens is 1. The summed E-state index contributed by atoms with van der Waals surface area (Å²) in [4.78, 5) is 2.58.